The fourth-order valence-corrected chi connectivity index (χ4v) is 3.47. The van der Waals surface area contributed by atoms with Crippen molar-refractivity contribution in [3.63, 3.8) is 0 Å². The number of carbonyl (C=O) groups excluding carboxylic acids is 1. The van der Waals surface area contributed by atoms with Gasteiger partial charge in [-0.3, -0.25) is 9.78 Å². The predicted molar refractivity (Wildman–Crippen MR) is 113 cm³/mol. The van der Waals surface area contributed by atoms with Crippen molar-refractivity contribution in [3.05, 3.63) is 95.3 Å². The molecule has 1 heterocycles. The van der Waals surface area contributed by atoms with Crippen LogP contribution < -0.4 is 5.32 Å². The SMILES string of the molecule is CS(=O)(=O)Cc1cccc(C(=O)Nc2cccc(C=Cc3ccccn3)c2)c1. The number of amides is 1. The normalized spacial score (nSPS) is 11.5. The molecule has 0 radical (unpaired) electrons. The van der Waals surface area contributed by atoms with Crippen molar-refractivity contribution in [2.75, 3.05) is 11.6 Å². The van der Waals surface area contributed by atoms with Crippen molar-refractivity contribution in [1.82, 2.24) is 4.98 Å². The third kappa shape index (κ3) is 5.89. The standard InChI is InChI=1S/C22H20N2O3S/c1-28(26,27)16-18-7-4-8-19(14-18)22(25)24-21-10-5-6-17(15-21)11-12-20-9-2-3-13-23-20/h2-15H,16H2,1H3,(H,24,25). The van der Waals surface area contributed by atoms with E-state index in [1.54, 1.807) is 36.5 Å². The molecule has 0 spiro atoms. The summed E-state index contributed by atoms with van der Waals surface area (Å²) in [6.45, 7) is 0. The predicted octanol–water partition coefficient (Wildman–Crippen LogP) is 4.05. The maximum atomic E-state index is 12.5. The molecule has 3 rings (SSSR count). The summed E-state index contributed by atoms with van der Waals surface area (Å²) in [4.78, 5) is 16.8. The van der Waals surface area contributed by atoms with Gasteiger partial charge in [0.25, 0.3) is 5.91 Å². The van der Waals surface area contributed by atoms with Gasteiger partial charge < -0.3 is 5.32 Å². The second kappa shape index (κ2) is 8.63. The van der Waals surface area contributed by atoms with E-state index in [9.17, 15) is 13.2 Å². The number of nitrogens with zero attached hydrogens (tertiary/aromatic N) is 1. The van der Waals surface area contributed by atoms with Crippen molar-refractivity contribution in [1.29, 1.82) is 0 Å². The summed E-state index contributed by atoms with van der Waals surface area (Å²) in [7, 11) is -3.16. The van der Waals surface area contributed by atoms with Crippen LogP contribution in [0.2, 0.25) is 0 Å². The number of rotatable bonds is 6. The lowest BCUT2D eigenvalue weighted by molar-refractivity contribution is 0.102. The molecule has 0 saturated carbocycles. The molecule has 142 valence electrons. The van der Waals surface area contributed by atoms with Crippen LogP contribution >= 0.6 is 0 Å². The van der Waals surface area contributed by atoms with Crippen LogP contribution in [0.25, 0.3) is 12.2 Å². The summed E-state index contributed by atoms with van der Waals surface area (Å²) in [5.74, 6) is -0.386. The molecular weight excluding hydrogens is 372 g/mol. The topological polar surface area (TPSA) is 76.1 Å². The maximum Gasteiger partial charge on any atom is 0.255 e. The number of pyridine rings is 1. The van der Waals surface area contributed by atoms with Crippen LogP contribution in [0.5, 0.6) is 0 Å². The van der Waals surface area contributed by atoms with Crippen LogP contribution in [0.4, 0.5) is 5.69 Å². The van der Waals surface area contributed by atoms with E-state index in [1.165, 1.54) is 6.26 Å². The average molecular weight is 392 g/mol. The fraction of sp³-hybridized carbons (Fsp3) is 0.0909. The van der Waals surface area contributed by atoms with Crippen molar-refractivity contribution < 1.29 is 13.2 Å². The van der Waals surface area contributed by atoms with E-state index in [2.05, 4.69) is 10.3 Å². The lowest BCUT2D eigenvalue weighted by atomic mass is 10.1. The van der Waals surface area contributed by atoms with Crippen LogP contribution in [0.1, 0.15) is 27.2 Å². The van der Waals surface area contributed by atoms with Gasteiger partial charge in [-0.1, -0.05) is 36.4 Å². The molecule has 0 fully saturated rings. The Morgan fingerprint density at radius 1 is 1.00 bits per heavy atom. The molecule has 0 aliphatic carbocycles. The molecule has 0 aliphatic heterocycles. The molecule has 0 bridgehead atoms. The van der Waals surface area contributed by atoms with Gasteiger partial charge in [-0.15, -0.1) is 0 Å². The largest absolute Gasteiger partial charge is 0.322 e. The highest BCUT2D eigenvalue weighted by Gasteiger charge is 2.10. The van der Waals surface area contributed by atoms with Crippen molar-refractivity contribution in [2.45, 2.75) is 5.75 Å². The number of benzene rings is 2. The minimum absolute atomic E-state index is 0.0953. The molecule has 6 heteroatoms. The molecule has 1 amide bonds. The Kier molecular flexibility index (Phi) is 6.01. The van der Waals surface area contributed by atoms with Gasteiger partial charge in [0.2, 0.25) is 0 Å². The molecule has 0 saturated heterocycles. The Bertz CT molecular complexity index is 1110. The zero-order chi connectivity index (χ0) is 20.0. The van der Waals surface area contributed by atoms with Crippen molar-refractivity contribution in [3.8, 4) is 0 Å². The smallest absolute Gasteiger partial charge is 0.255 e. The van der Waals surface area contributed by atoms with Gasteiger partial charge in [-0.2, -0.15) is 0 Å². The van der Waals surface area contributed by atoms with E-state index in [1.807, 2.05) is 48.6 Å². The fourth-order valence-electron chi connectivity index (χ4n) is 2.68. The first-order valence-electron chi connectivity index (χ1n) is 8.66. The summed E-state index contributed by atoms with van der Waals surface area (Å²) < 4.78 is 22.9. The van der Waals surface area contributed by atoms with E-state index in [0.717, 1.165) is 11.3 Å². The Labute approximate surface area is 164 Å². The number of nitrogens with one attached hydrogen (secondary N) is 1. The second-order valence-electron chi connectivity index (χ2n) is 6.44. The maximum absolute atomic E-state index is 12.5. The average Bonchev–Trinajstić information content (AvgIpc) is 2.66. The number of carbonyl (C=O) groups is 1. The van der Waals surface area contributed by atoms with E-state index in [0.29, 0.717) is 16.8 Å². The van der Waals surface area contributed by atoms with Gasteiger partial charge in [0.1, 0.15) is 0 Å². The first kappa shape index (κ1) is 19.5. The molecule has 5 nitrogen and oxygen atoms in total. The Balaban J connectivity index is 1.73. The summed E-state index contributed by atoms with van der Waals surface area (Å²) in [5.41, 5.74) is 3.42. The van der Waals surface area contributed by atoms with E-state index in [-0.39, 0.29) is 11.7 Å². The number of aromatic nitrogens is 1. The number of hydrogen-bond donors (Lipinski definition) is 1. The van der Waals surface area contributed by atoms with E-state index < -0.39 is 9.84 Å². The zero-order valence-electron chi connectivity index (χ0n) is 15.4. The van der Waals surface area contributed by atoms with Crippen LogP contribution in [0.15, 0.2) is 72.9 Å². The highest BCUT2D eigenvalue weighted by atomic mass is 32.2. The van der Waals surface area contributed by atoms with Gasteiger partial charge >= 0.3 is 0 Å². The van der Waals surface area contributed by atoms with Crippen molar-refractivity contribution in [2.24, 2.45) is 0 Å². The first-order chi connectivity index (χ1) is 13.4. The Hall–Kier alpha value is -3.25. The molecular formula is C22H20N2O3S. The van der Waals surface area contributed by atoms with Crippen LogP contribution in [0, 0.1) is 0 Å². The zero-order valence-corrected chi connectivity index (χ0v) is 16.2. The molecule has 1 N–H and O–H groups in total. The molecule has 0 unspecified atom stereocenters. The molecule has 3 aromatic rings. The van der Waals surface area contributed by atoms with Gasteiger partial charge in [-0.25, -0.2) is 8.42 Å². The van der Waals surface area contributed by atoms with Gasteiger partial charge in [0, 0.05) is 23.7 Å². The van der Waals surface area contributed by atoms with Crippen LogP contribution in [-0.4, -0.2) is 25.6 Å². The third-order valence-corrected chi connectivity index (χ3v) is 4.75. The Morgan fingerprint density at radius 3 is 2.57 bits per heavy atom. The number of anilines is 1. The summed E-state index contributed by atoms with van der Waals surface area (Å²) in [6.07, 6.45) is 6.72. The highest BCUT2D eigenvalue weighted by molar-refractivity contribution is 7.89. The number of sulfone groups is 1. The van der Waals surface area contributed by atoms with Gasteiger partial charge in [-0.05, 0) is 53.6 Å². The van der Waals surface area contributed by atoms with Gasteiger partial charge in [0.15, 0.2) is 9.84 Å². The first-order valence-corrected chi connectivity index (χ1v) is 10.7. The molecule has 28 heavy (non-hydrogen) atoms. The van der Waals surface area contributed by atoms with E-state index >= 15 is 0 Å². The minimum atomic E-state index is -3.16. The highest BCUT2D eigenvalue weighted by Crippen LogP contribution is 2.16. The monoisotopic (exact) mass is 392 g/mol. The minimum Gasteiger partial charge on any atom is -0.322 e. The van der Waals surface area contributed by atoms with Crippen LogP contribution in [-0.2, 0) is 15.6 Å². The second-order valence-corrected chi connectivity index (χ2v) is 8.58. The van der Waals surface area contributed by atoms with Crippen LogP contribution in [0.3, 0.4) is 0 Å². The molecule has 2 aromatic carbocycles. The Morgan fingerprint density at radius 2 is 1.82 bits per heavy atom. The van der Waals surface area contributed by atoms with Crippen molar-refractivity contribution >= 4 is 33.6 Å². The van der Waals surface area contributed by atoms with Gasteiger partial charge in [0.05, 0.1) is 11.4 Å². The summed E-state index contributed by atoms with van der Waals surface area (Å²) >= 11 is 0. The molecule has 1 aromatic heterocycles. The molecule has 0 atom stereocenters. The quantitative estimate of drug-likeness (QED) is 0.687. The summed E-state index contributed by atoms with van der Waals surface area (Å²) in [5, 5.41) is 2.85. The molecule has 0 aliphatic rings. The number of hydrogen-bond acceptors (Lipinski definition) is 4. The third-order valence-electron chi connectivity index (χ3n) is 3.90. The lowest BCUT2D eigenvalue weighted by Gasteiger charge is -2.08. The summed E-state index contributed by atoms with van der Waals surface area (Å²) in [6, 6.07) is 19.8. The lowest BCUT2D eigenvalue weighted by Crippen LogP contribution is -2.12. The van der Waals surface area contributed by atoms with E-state index in [4.69, 9.17) is 0 Å².